The zero-order chi connectivity index (χ0) is 13.1. The molecular weight excluding hydrogens is 240 g/mol. The molecule has 92 valence electrons. The normalized spacial score (nSPS) is 20.5. The van der Waals surface area contributed by atoms with Crippen molar-refractivity contribution in [3.63, 3.8) is 0 Å². The second-order valence-corrected chi connectivity index (χ2v) is 3.85. The molecule has 0 saturated carbocycles. The average molecular weight is 250 g/mol. The molecule has 1 aromatic heterocycles. The monoisotopic (exact) mass is 250 g/mol. The summed E-state index contributed by atoms with van der Waals surface area (Å²) in [4.78, 5) is 16.9. The third kappa shape index (κ3) is 2.41. The van der Waals surface area contributed by atoms with Gasteiger partial charge >= 0.3 is 0 Å². The van der Waals surface area contributed by atoms with Gasteiger partial charge in [-0.1, -0.05) is 0 Å². The van der Waals surface area contributed by atoms with Gasteiger partial charge in [-0.25, -0.2) is 4.98 Å². The fourth-order valence-electron chi connectivity index (χ4n) is 1.72. The number of ether oxygens (including phenoxy) is 1. The Labute approximate surface area is 109 Å². The molecule has 2 aliphatic heterocycles. The van der Waals surface area contributed by atoms with E-state index in [1.807, 2.05) is 6.08 Å². The molecule has 1 aromatic rings. The van der Waals surface area contributed by atoms with Crippen LogP contribution in [0.5, 0.6) is 0 Å². The molecule has 2 aliphatic rings. The molecule has 0 N–H and O–H groups in total. The molecule has 3 rings (SSSR count). The molecule has 0 saturated heterocycles. The van der Waals surface area contributed by atoms with E-state index in [2.05, 4.69) is 32.3 Å². The van der Waals surface area contributed by atoms with Gasteiger partial charge in [0.2, 0.25) is 5.88 Å². The van der Waals surface area contributed by atoms with E-state index in [0.717, 1.165) is 5.70 Å². The minimum Gasteiger partial charge on any atom is -0.437 e. The van der Waals surface area contributed by atoms with Gasteiger partial charge in [-0.05, 0) is 18.7 Å². The topological polar surface area (TPSA) is 59.7 Å². The van der Waals surface area contributed by atoms with Crippen LogP contribution >= 0.6 is 0 Å². The van der Waals surface area contributed by atoms with E-state index in [0.29, 0.717) is 23.0 Å². The number of aliphatic imine (C=N–C) groups is 1. The highest BCUT2D eigenvalue weighted by Crippen LogP contribution is 2.18. The van der Waals surface area contributed by atoms with Gasteiger partial charge in [0.05, 0.1) is 5.70 Å². The fourth-order valence-corrected chi connectivity index (χ4v) is 1.72. The Morgan fingerprint density at radius 2 is 2.16 bits per heavy atom. The molecule has 0 fully saturated rings. The van der Waals surface area contributed by atoms with Crippen molar-refractivity contribution < 1.29 is 4.74 Å². The van der Waals surface area contributed by atoms with Crippen LogP contribution in [0, 0.1) is 0 Å². The second-order valence-electron chi connectivity index (χ2n) is 3.85. The molecule has 0 unspecified atom stereocenters. The third-order valence-corrected chi connectivity index (χ3v) is 2.55. The van der Waals surface area contributed by atoms with Crippen molar-refractivity contribution in [3.05, 3.63) is 65.0 Å². The van der Waals surface area contributed by atoms with E-state index in [9.17, 15) is 0 Å². The van der Waals surface area contributed by atoms with Gasteiger partial charge in [0.25, 0.3) is 0 Å². The maximum absolute atomic E-state index is 5.59. The Hall–Kier alpha value is -2.78. The lowest BCUT2D eigenvalue weighted by atomic mass is 10.2. The molecule has 0 aromatic carbocycles. The number of aromatic nitrogens is 2. The number of nitrogens with zero attached hydrogens (tertiary/aromatic N) is 4. The van der Waals surface area contributed by atoms with Gasteiger partial charge in [0, 0.05) is 31.1 Å². The van der Waals surface area contributed by atoms with Crippen LogP contribution in [-0.2, 0) is 4.74 Å². The number of hydrogen-bond donors (Lipinski definition) is 0. The Kier molecular flexibility index (Phi) is 2.88. The highest BCUT2D eigenvalue weighted by atomic mass is 16.5. The zero-order valence-corrected chi connectivity index (χ0v) is 10.1. The molecule has 5 nitrogen and oxygen atoms in total. The first-order valence-corrected chi connectivity index (χ1v) is 5.74. The van der Waals surface area contributed by atoms with Crippen molar-refractivity contribution in [3.8, 4) is 0 Å². The summed E-state index contributed by atoms with van der Waals surface area (Å²) in [6.45, 7) is 3.76. The van der Waals surface area contributed by atoms with E-state index < -0.39 is 0 Å². The van der Waals surface area contributed by atoms with Crippen molar-refractivity contribution in [2.45, 2.75) is 6.42 Å². The van der Waals surface area contributed by atoms with Crippen molar-refractivity contribution >= 4 is 12.3 Å². The van der Waals surface area contributed by atoms with Crippen molar-refractivity contribution in [2.24, 2.45) is 9.98 Å². The molecular formula is C14H10N4O. The fraction of sp³-hybridized carbons (Fsp3) is 0.0714. The average Bonchev–Trinajstić information content (AvgIpc) is 2.59. The van der Waals surface area contributed by atoms with Gasteiger partial charge in [0.1, 0.15) is 5.35 Å². The predicted octanol–water partition coefficient (Wildman–Crippen LogP) is 0.776. The van der Waals surface area contributed by atoms with Crippen LogP contribution < -0.4 is 10.8 Å². The van der Waals surface area contributed by atoms with E-state index in [-0.39, 0.29) is 5.88 Å². The number of rotatable bonds is 0. The summed E-state index contributed by atoms with van der Waals surface area (Å²) in [6, 6.07) is 0. The molecule has 0 atom stereocenters. The minimum absolute atomic E-state index is 0.250. The first kappa shape index (κ1) is 11.3. The molecule has 0 aliphatic carbocycles. The Morgan fingerprint density at radius 1 is 1.26 bits per heavy atom. The third-order valence-electron chi connectivity index (χ3n) is 2.55. The van der Waals surface area contributed by atoms with Crippen molar-refractivity contribution in [2.75, 3.05) is 0 Å². The van der Waals surface area contributed by atoms with Crippen LogP contribution in [0.25, 0.3) is 6.08 Å². The van der Waals surface area contributed by atoms with E-state index >= 15 is 0 Å². The van der Waals surface area contributed by atoms with Crippen LogP contribution in [0.4, 0.5) is 0 Å². The Bertz CT molecular complexity index is 780. The summed E-state index contributed by atoms with van der Waals surface area (Å²) in [7, 11) is 0. The second kappa shape index (κ2) is 4.84. The summed E-state index contributed by atoms with van der Waals surface area (Å²) in [5, 5.41) is 0.692. The van der Waals surface area contributed by atoms with Gasteiger partial charge in [-0.3, -0.25) is 9.98 Å². The first-order chi connectivity index (χ1) is 9.33. The highest BCUT2D eigenvalue weighted by Gasteiger charge is 2.09. The molecule has 0 bridgehead atoms. The quantitative estimate of drug-likeness (QED) is 0.639. The van der Waals surface area contributed by atoms with E-state index in [1.54, 1.807) is 30.8 Å². The van der Waals surface area contributed by atoms with Gasteiger partial charge < -0.3 is 4.74 Å². The van der Waals surface area contributed by atoms with E-state index in [1.165, 1.54) is 0 Å². The molecule has 5 heteroatoms. The summed E-state index contributed by atoms with van der Waals surface area (Å²) in [5.41, 5.74) is 4.21. The molecule has 19 heavy (non-hydrogen) atoms. The summed E-state index contributed by atoms with van der Waals surface area (Å²) in [5.74, 6) is 0.836. The van der Waals surface area contributed by atoms with Crippen molar-refractivity contribution in [1.29, 1.82) is 0 Å². The van der Waals surface area contributed by atoms with Gasteiger partial charge in [-0.2, -0.15) is 4.99 Å². The van der Waals surface area contributed by atoms with Crippen LogP contribution in [0.3, 0.4) is 0 Å². The number of allylic oxidation sites excluding steroid dienone is 2. The van der Waals surface area contributed by atoms with Crippen molar-refractivity contribution in [1.82, 2.24) is 9.97 Å². The predicted molar refractivity (Wildman–Crippen MR) is 70.3 cm³/mol. The maximum Gasteiger partial charge on any atom is 0.214 e. The molecule has 3 heterocycles. The smallest absolute Gasteiger partial charge is 0.214 e. The lowest BCUT2D eigenvalue weighted by Gasteiger charge is -2.06. The largest absolute Gasteiger partial charge is 0.437 e. The number of fused-ring (bicyclic) bond motifs is 1. The molecule has 0 radical (unpaired) electrons. The maximum atomic E-state index is 5.59. The SMILES string of the molecule is C=C1/N=c2/nccn/c2=C/CC2=C(C=C=CC=N2)O1. The first-order valence-electron chi connectivity index (χ1n) is 5.74. The van der Waals surface area contributed by atoms with Crippen LogP contribution in [0.1, 0.15) is 6.42 Å². The lowest BCUT2D eigenvalue weighted by Crippen LogP contribution is -2.31. The van der Waals surface area contributed by atoms with Crippen LogP contribution in [0.15, 0.2) is 64.2 Å². The van der Waals surface area contributed by atoms with E-state index in [4.69, 9.17) is 4.74 Å². The number of hydrogen-bond acceptors (Lipinski definition) is 5. The van der Waals surface area contributed by atoms with Crippen LogP contribution in [-0.4, -0.2) is 16.2 Å². The molecule has 0 spiro atoms. The lowest BCUT2D eigenvalue weighted by molar-refractivity contribution is 0.311. The Morgan fingerprint density at radius 3 is 3.11 bits per heavy atom. The van der Waals surface area contributed by atoms with Gasteiger partial charge in [-0.15, -0.1) is 5.73 Å². The van der Waals surface area contributed by atoms with Crippen LogP contribution in [0.2, 0.25) is 0 Å². The molecule has 0 amide bonds. The van der Waals surface area contributed by atoms with Gasteiger partial charge in [0.15, 0.2) is 11.2 Å². The summed E-state index contributed by atoms with van der Waals surface area (Å²) < 4.78 is 5.59. The Balaban J connectivity index is 2.18. The summed E-state index contributed by atoms with van der Waals surface area (Å²) in [6.07, 6.45) is 10.8. The summed E-state index contributed by atoms with van der Waals surface area (Å²) >= 11 is 0. The standard InChI is InChI=1S/C14H10N4O/c1-10-18-14-12(16-8-9-17-14)6-5-11-13(19-10)4-2-3-7-15-11/h3-4,6-9H,1,5H2/b12-6+,18-14+. The highest BCUT2D eigenvalue weighted by molar-refractivity contribution is 5.73. The minimum atomic E-state index is 0.250. The zero-order valence-electron chi connectivity index (χ0n) is 10.1.